The molecule has 0 spiro atoms. The molecule has 1 unspecified atom stereocenters. The maximum absolute atomic E-state index is 11.9. The second-order valence-electron chi connectivity index (χ2n) is 7.84. The number of hydrogen-bond acceptors (Lipinski definition) is 4. The molecule has 5 heteroatoms. The Kier molecular flexibility index (Phi) is 5.41. The number of carbonyl (C=O) groups is 1. The first-order valence-electron chi connectivity index (χ1n) is 8.37. The molecule has 1 fully saturated rings. The summed E-state index contributed by atoms with van der Waals surface area (Å²) in [7, 11) is 0. The lowest BCUT2D eigenvalue weighted by Gasteiger charge is -2.32. The van der Waals surface area contributed by atoms with Gasteiger partial charge in [-0.3, -0.25) is 0 Å². The maximum Gasteiger partial charge on any atom is 0.407 e. The van der Waals surface area contributed by atoms with Crippen LogP contribution in [0.15, 0.2) is 6.07 Å². The summed E-state index contributed by atoms with van der Waals surface area (Å²) in [6.07, 6.45) is 2.11. The standard InChI is InChI=1S/C18H30N2O2S/c1-12-9-14(13(2)23-12)10-20-18(6,15-7-8-15)11-19-16(21)22-17(3,4)5/h9,15,20H,7-8,10-11H2,1-6H3,(H,19,21). The summed E-state index contributed by atoms with van der Waals surface area (Å²) < 4.78 is 5.34. The first kappa shape index (κ1) is 18.3. The van der Waals surface area contributed by atoms with Crippen molar-refractivity contribution in [1.82, 2.24) is 10.6 Å². The Hall–Kier alpha value is -1.07. The molecule has 1 amide bonds. The molecular weight excluding hydrogens is 308 g/mol. The highest BCUT2D eigenvalue weighted by Gasteiger charge is 2.41. The molecule has 1 heterocycles. The summed E-state index contributed by atoms with van der Waals surface area (Å²) in [5.74, 6) is 0.623. The van der Waals surface area contributed by atoms with Crippen LogP contribution in [0, 0.1) is 19.8 Å². The van der Waals surface area contributed by atoms with Crippen LogP contribution in [0.4, 0.5) is 4.79 Å². The molecule has 1 aromatic heterocycles. The van der Waals surface area contributed by atoms with E-state index in [1.807, 2.05) is 32.1 Å². The Morgan fingerprint density at radius 2 is 1.96 bits per heavy atom. The third-order valence-corrected chi connectivity index (χ3v) is 5.31. The van der Waals surface area contributed by atoms with Gasteiger partial charge in [0.05, 0.1) is 0 Å². The van der Waals surface area contributed by atoms with Gasteiger partial charge >= 0.3 is 6.09 Å². The van der Waals surface area contributed by atoms with Crippen molar-refractivity contribution >= 4 is 17.4 Å². The minimum atomic E-state index is -0.460. The third-order valence-electron chi connectivity index (χ3n) is 4.30. The van der Waals surface area contributed by atoms with E-state index in [1.54, 1.807) is 0 Å². The van der Waals surface area contributed by atoms with E-state index in [2.05, 4.69) is 37.5 Å². The van der Waals surface area contributed by atoms with Crippen LogP contribution in [-0.2, 0) is 11.3 Å². The predicted molar refractivity (Wildman–Crippen MR) is 96.0 cm³/mol. The van der Waals surface area contributed by atoms with E-state index in [4.69, 9.17) is 4.74 Å². The summed E-state index contributed by atoms with van der Waals surface area (Å²) in [6, 6.07) is 2.25. The monoisotopic (exact) mass is 338 g/mol. The number of alkyl carbamates (subject to hydrolysis) is 1. The van der Waals surface area contributed by atoms with Crippen molar-refractivity contribution in [2.24, 2.45) is 5.92 Å². The molecule has 1 aliphatic carbocycles. The fourth-order valence-corrected chi connectivity index (χ4v) is 3.74. The van der Waals surface area contributed by atoms with Gasteiger partial charge in [-0.2, -0.15) is 0 Å². The summed E-state index contributed by atoms with van der Waals surface area (Å²) in [5, 5.41) is 6.62. The Balaban J connectivity index is 1.91. The zero-order valence-corrected chi connectivity index (χ0v) is 16.0. The van der Waals surface area contributed by atoms with Crippen LogP contribution < -0.4 is 10.6 Å². The fraction of sp³-hybridized carbons (Fsp3) is 0.722. The van der Waals surface area contributed by atoms with Gasteiger partial charge in [-0.05, 0) is 71.9 Å². The first-order chi connectivity index (χ1) is 10.6. The lowest BCUT2D eigenvalue weighted by molar-refractivity contribution is 0.0507. The number of amides is 1. The lowest BCUT2D eigenvalue weighted by atomic mass is 9.95. The second kappa shape index (κ2) is 6.81. The van der Waals surface area contributed by atoms with Crippen LogP contribution in [0.5, 0.6) is 0 Å². The molecule has 0 saturated heterocycles. The quantitative estimate of drug-likeness (QED) is 0.819. The van der Waals surface area contributed by atoms with E-state index in [9.17, 15) is 4.79 Å². The van der Waals surface area contributed by atoms with E-state index in [0.29, 0.717) is 12.5 Å². The smallest absolute Gasteiger partial charge is 0.407 e. The van der Waals surface area contributed by atoms with Gasteiger partial charge in [-0.25, -0.2) is 4.79 Å². The van der Waals surface area contributed by atoms with Gasteiger partial charge in [-0.1, -0.05) is 0 Å². The minimum Gasteiger partial charge on any atom is -0.444 e. The molecule has 23 heavy (non-hydrogen) atoms. The van der Waals surface area contributed by atoms with E-state index >= 15 is 0 Å². The van der Waals surface area contributed by atoms with E-state index in [0.717, 1.165) is 6.54 Å². The normalized spacial score (nSPS) is 17.7. The zero-order valence-electron chi connectivity index (χ0n) is 15.2. The lowest BCUT2D eigenvalue weighted by Crippen LogP contribution is -2.53. The number of aryl methyl sites for hydroxylation is 2. The molecule has 2 rings (SSSR count). The average molecular weight is 339 g/mol. The third kappa shape index (κ3) is 5.50. The highest BCUT2D eigenvalue weighted by Crippen LogP contribution is 2.39. The summed E-state index contributed by atoms with van der Waals surface area (Å²) >= 11 is 1.84. The molecule has 2 N–H and O–H groups in total. The number of thiophene rings is 1. The molecule has 0 radical (unpaired) electrons. The predicted octanol–water partition coefficient (Wildman–Crippen LogP) is 4.15. The molecule has 130 valence electrons. The van der Waals surface area contributed by atoms with E-state index < -0.39 is 5.60 Å². The number of hydrogen-bond donors (Lipinski definition) is 2. The number of carbonyl (C=O) groups excluding carboxylic acids is 1. The molecule has 0 aromatic carbocycles. The Labute approximate surface area is 144 Å². The minimum absolute atomic E-state index is 0.0841. The van der Waals surface area contributed by atoms with Crippen molar-refractivity contribution in [2.75, 3.05) is 6.54 Å². The van der Waals surface area contributed by atoms with Crippen molar-refractivity contribution in [3.05, 3.63) is 21.4 Å². The van der Waals surface area contributed by atoms with Crippen molar-refractivity contribution in [3.8, 4) is 0 Å². The summed E-state index contributed by atoms with van der Waals surface area (Å²) in [4.78, 5) is 14.6. The Morgan fingerprint density at radius 3 is 2.43 bits per heavy atom. The highest BCUT2D eigenvalue weighted by atomic mass is 32.1. The van der Waals surface area contributed by atoms with Crippen molar-refractivity contribution < 1.29 is 9.53 Å². The van der Waals surface area contributed by atoms with Gasteiger partial charge in [0.2, 0.25) is 0 Å². The van der Waals surface area contributed by atoms with E-state index in [-0.39, 0.29) is 11.6 Å². The van der Waals surface area contributed by atoms with Crippen LogP contribution in [0.2, 0.25) is 0 Å². The summed E-state index contributed by atoms with van der Waals surface area (Å²) in [5.41, 5.74) is 0.814. The highest BCUT2D eigenvalue weighted by molar-refractivity contribution is 7.12. The van der Waals surface area contributed by atoms with Crippen molar-refractivity contribution in [1.29, 1.82) is 0 Å². The first-order valence-corrected chi connectivity index (χ1v) is 9.18. The Bertz CT molecular complexity index is 558. The maximum atomic E-state index is 11.9. The van der Waals surface area contributed by atoms with Crippen LogP contribution in [0.1, 0.15) is 55.9 Å². The molecule has 1 aromatic rings. The molecule has 0 aliphatic heterocycles. The topological polar surface area (TPSA) is 50.4 Å². The fourth-order valence-electron chi connectivity index (χ4n) is 2.80. The molecular formula is C18H30N2O2S. The van der Waals surface area contributed by atoms with Gasteiger partial charge in [0.15, 0.2) is 0 Å². The Morgan fingerprint density at radius 1 is 1.30 bits per heavy atom. The van der Waals surface area contributed by atoms with Gasteiger partial charge in [0, 0.05) is 28.4 Å². The second-order valence-corrected chi connectivity index (χ2v) is 9.30. The zero-order chi connectivity index (χ0) is 17.3. The SMILES string of the molecule is Cc1cc(CNC(C)(CNC(=O)OC(C)(C)C)C2CC2)c(C)s1. The van der Waals surface area contributed by atoms with Crippen LogP contribution in [0.25, 0.3) is 0 Å². The average Bonchev–Trinajstić information content (AvgIpc) is 3.19. The molecule has 1 aliphatic rings. The molecule has 0 bridgehead atoms. The van der Waals surface area contributed by atoms with Crippen LogP contribution >= 0.6 is 11.3 Å². The molecule has 4 nitrogen and oxygen atoms in total. The van der Waals surface area contributed by atoms with Gasteiger partial charge in [-0.15, -0.1) is 11.3 Å². The van der Waals surface area contributed by atoms with Crippen molar-refractivity contribution in [3.63, 3.8) is 0 Å². The van der Waals surface area contributed by atoms with Gasteiger partial charge in [0.1, 0.15) is 5.60 Å². The van der Waals surface area contributed by atoms with Crippen molar-refractivity contribution in [2.45, 2.75) is 72.1 Å². The molecule has 1 atom stereocenters. The van der Waals surface area contributed by atoms with Crippen LogP contribution in [-0.4, -0.2) is 23.8 Å². The van der Waals surface area contributed by atoms with Crippen LogP contribution in [0.3, 0.4) is 0 Å². The largest absolute Gasteiger partial charge is 0.444 e. The number of ether oxygens (including phenoxy) is 1. The molecule has 1 saturated carbocycles. The van der Waals surface area contributed by atoms with E-state index in [1.165, 1.54) is 28.2 Å². The number of nitrogens with one attached hydrogen (secondary N) is 2. The number of rotatable bonds is 6. The van der Waals surface area contributed by atoms with Gasteiger partial charge in [0.25, 0.3) is 0 Å². The van der Waals surface area contributed by atoms with Gasteiger partial charge < -0.3 is 15.4 Å². The summed E-state index contributed by atoms with van der Waals surface area (Å²) in [6.45, 7) is 13.6.